The summed E-state index contributed by atoms with van der Waals surface area (Å²) < 4.78 is 39.4. The Bertz CT molecular complexity index is 1060. The zero-order valence-electron chi connectivity index (χ0n) is 24.3. The molecular weight excluding hydrogens is 510 g/mol. The van der Waals surface area contributed by atoms with Crippen LogP contribution >= 0.6 is 0 Å². The molecule has 0 unspecified atom stereocenters. The highest BCUT2D eigenvalue weighted by atomic mass is 19.2. The highest BCUT2D eigenvalue weighted by Crippen LogP contribution is 2.37. The minimum Gasteiger partial charge on any atom is -0.490 e. The van der Waals surface area contributed by atoms with Crippen molar-refractivity contribution in [1.29, 1.82) is 0 Å². The molecule has 1 saturated carbocycles. The Morgan fingerprint density at radius 3 is 2.12 bits per heavy atom. The van der Waals surface area contributed by atoms with Crippen LogP contribution in [0, 0.1) is 17.6 Å². The van der Waals surface area contributed by atoms with Gasteiger partial charge in [-0.25, -0.2) is 9.18 Å². The standard InChI is InChI=1S/C34H46F2O4/c1-3-5-7-8-9-11-23-39-31-22-21-29(32(35)33(31)36)34(38)40-24-30(37)28-19-17-27(18-20-28)26-15-13-25(14-16-26)12-10-6-4-2/h17-22,25-26H,3-16,23-24H2,1-2H3. The van der Waals surface area contributed by atoms with Crippen molar-refractivity contribution in [3.63, 3.8) is 0 Å². The first-order valence-corrected chi connectivity index (χ1v) is 15.4. The number of unbranched alkanes of at least 4 members (excludes halogenated alkanes) is 7. The van der Waals surface area contributed by atoms with Gasteiger partial charge in [0.1, 0.15) is 0 Å². The van der Waals surface area contributed by atoms with Gasteiger partial charge in [-0.15, -0.1) is 0 Å². The molecule has 220 valence electrons. The lowest BCUT2D eigenvalue weighted by molar-refractivity contribution is 0.0469. The van der Waals surface area contributed by atoms with Crippen molar-refractivity contribution in [2.45, 2.75) is 110 Å². The number of Topliss-reactive ketones (excluding diaryl/α,β-unsaturated/α-hetero) is 1. The summed E-state index contributed by atoms with van der Waals surface area (Å²) >= 11 is 0. The fraction of sp³-hybridized carbons (Fsp3) is 0.588. The van der Waals surface area contributed by atoms with Crippen molar-refractivity contribution in [2.75, 3.05) is 13.2 Å². The van der Waals surface area contributed by atoms with E-state index < -0.39 is 29.8 Å². The van der Waals surface area contributed by atoms with Crippen molar-refractivity contribution in [2.24, 2.45) is 5.92 Å². The topological polar surface area (TPSA) is 52.6 Å². The number of hydrogen-bond acceptors (Lipinski definition) is 4. The maximum Gasteiger partial charge on any atom is 0.341 e. The van der Waals surface area contributed by atoms with E-state index in [4.69, 9.17) is 9.47 Å². The Hall–Kier alpha value is -2.76. The third kappa shape index (κ3) is 9.71. The number of hydrogen-bond donors (Lipinski definition) is 0. The van der Waals surface area contributed by atoms with Gasteiger partial charge < -0.3 is 9.47 Å². The van der Waals surface area contributed by atoms with E-state index in [0.29, 0.717) is 11.5 Å². The first-order chi connectivity index (χ1) is 19.4. The van der Waals surface area contributed by atoms with Crippen LogP contribution in [0.3, 0.4) is 0 Å². The van der Waals surface area contributed by atoms with Crippen LogP contribution in [0.1, 0.15) is 136 Å². The van der Waals surface area contributed by atoms with Crippen LogP contribution < -0.4 is 4.74 Å². The van der Waals surface area contributed by atoms with Crippen LogP contribution in [0.2, 0.25) is 0 Å². The number of ether oxygens (including phenoxy) is 2. The number of carbonyl (C=O) groups is 2. The average molecular weight is 557 g/mol. The van der Waals surface area contributed by atoms with Gasteiger partial charge in [0.25, 0.3) is 0 Å². The number of rotatable bonds is 17. The molecule has 1 aliphatic carbocycles. The normalized spacial score (nSPS) is 17.0. The molecule has 2 aromatic carbocycles. The van der Waals surface area contributed by atoms with Crippen LogP contribution in [0.15, 0.2) is 36.4 Å². The third-order valence-electron chi connectivity index (χ3n) is 8.12. The maximum atomic E-state index is 14.6. The fourth-order valence-corrected chi connectivity index (χ4v) is 5.57. The Morgan fingerprint density at radius 2 is 1.43 bits per heavy atom. The summed E-state index contributed by atoms with van der Waals surface area (Å²) in [4.78, 5) is 25.0. The van der Waals surface area contributed by atoms with Crippen molar-refractivity contribution in [3.8, 4) is 5.75 Å². The molecular formula is C34H46F2O4. The van der Waals surface area contributed by atoms with E-state index in [0.717, 1.165) is 44.1 Å². The Kier molecular flexibility index (Phi) is 13.6. The largest absolute Gasteiger partial charge is 0.490 e. The van der Waals surface area contributed by atoms with Gasteiger partial charge >= 0.3 is 5.97 Å². The van der Waals surface area contributed by atoms with Gasteiger partial charge in [0.05, 0.1) is 12.2 Å². The van der Waals surface area contributed by atoms with Crippen LogP contribution in [0.4, 0.5) is 8.78 Å². The number of esters is 1. The van der Waals surface area contributed by atoms with E-state index in [9.17, 15) is 18.4 Å². The third-order valence-corrected chi connectivity index (χ3v) is 8.12. The number of ketones is 1. The molecule has 4 nitrogen and oxygen atoms in total. The lowest BCUT2D eigenvalue weighted by Gasteiger charge is -2.29. The summed E-state index contributed by atoms with van der Waals surface area (Å²) in [5, 5.41) is 0. The van der Waals surface area contributed by atoms with Gasteiger partial charge in [-0.1, -0.05) is 95.9 Å². The van der Waals surface area contributed by atoms with Gasteiger partial charge in [0, 0.05) is 5.56 Å². The van der Waals surface area contributed by atoms with E-state index in [2.05, 4.69) is 13.8 Å². The highest BCUT2D eigenvalue weighted by Gasteiger charge is 2.23. The zero-order valence-corrected chi connectivity index (χ0v) is 24.3. The quantitative estimate of drug-likeness (QED) is 0.111. The second kappa shape index (κ2) is 17.1. The van der Waals surface area contributed by atoms with Crippen LogP contribution in [-0.4, -0.2) is 25.0 Å². The van der Waals surface area contributed by atoms with Crippen LogP contribution in [-0.2, 0) is 4.74 Å². The molecule has 0 saturated heterocycles. The van der Waals surface area contributed by atoms with Crippen molar-refractivity contribution in [3.05, 3.63) is 64.7 Å². The fourth-order valence-electron chi connectivity index (χ4n) is 5.57. The van der Waals surface area contributed by atoms with Crippen molar-refractivity contribution in [1.82, 2.24) is 0 Å². The van der Waals surface area contributed by atoms with Gasteiger partial charge in [0.2, 0.25) is 5.82 Å². The predicted octanol–water partition coefficient (Wildman–Crippen LogP) is 9.60. The second-order valence-electron chi connectivity index (χ2n) is 11.2. The molecule has 0 N–H and O–H groups in total. The smallest absolute Gasteiger partial charge is 0.341 e. The SMILES string of the molecule is CCCCCCCCOc1ccc(C(=O)OCC(=O)c2ccc(C3CCC(CCCCC)CC3)cc2)c(F)c1F. The molecule has 40 heavy (non-hydrogen) atoms. The average Bonchev–Trinajstić information content (AvgIpc) is 2.98. The summed E-state index contributed by atoms with van der Waals surface area (Å²) in [7, 11) is 0. The van der Waals surface area contributed by atoms with Gasteiger partial charge in [-0.05, 0) is 61.6 Å². The van der Waals surface area contributed by atoms with E-state index in [1.54, 1.807) is 12.1 Å². The van der Waals surface area contributed by atoms with Crippen LogP contribution in [0.5, 0.6) is 5.75 Å². The maximum absolute atomic E-state index is 14.6. The predicted molar refractivity (Wildman–Crippen MR) is 155 cm³/mol. The summed E-state index contributed by atoms with van der Waals surface area (Å²) in [5.41, 5.74) is 1.10. The molecule has 1 aliphatic rings. The van der Waals surface area contributed by atoms with Gasteiger partial charge in [-0.3, -0.25) is 4.79 Å². The van der Waals surface area contributed by atoms with Gasteiger partial charge in [0.15, 0.2) is 24.0 Å². The molecule has 0 amide bonds. The van der Waals surface area contributed by atoms with Crippen LogP contribution in [0.25, 0.3) is 0 Å². The summed E-state index contributed by atoms with van der Waals surface area (Å²) in [6, 6.07) is 9.84. The lowest BCUT2D eigenvalue weighted by Crippen LogP contribution is -2.16. The van der Waals surface area contributed by atoms with E-state index in [-0.39, 0.29) is 18.1 Å². The first kappa shape index (κ1) is 31.8. The Balaban J connectivity index is 1.44. The molecule has 0 spiro atoms. The Labute approximate surface area is 238 Å². The number of halogens is 2. The first-order valence-electron chi connectivity index (χ1n) is 15.4. The molecule has 0 radical (unpaired) electrons. The molecule has 3 rings (SSSR count). The van der Waals surface area contributed by atoms with Gasteiger partial charge in [-0.2, -0.15) is 4.39 Å². The number of carbonyl (C=O) groups excluding carboxylic acids is 2. The molecule has 6 heteroatoms. The minimum atomic E-state index is -1.33. The van der Waals surface area contributed by atoms with E-state index in [1.165, 1.54) is 69.4 Å². The molecule has 0 aliphatic heterocycles. The lowest BCUT2D eigenvalue weighted by atomic mass is 9.77. The molecule has 0 heterocycles. The summed E-state index contributed by atoms with van der Waals surface area (Å²) in [6.07, 6.45) is 16.4. The number of benzene rings is 2. The molecule has 0 atom stereocenters. The summed E-state index contributed by atoms with van der Waals surface area (Å²) in [6.45, 7) is 4.12. The van der Waals surface area contributed by atoms with Crippen molar-refractivity contribution >= 4 is 11.8 Å². The minimum absolute atomic E-state index is 0.233. The molecule has 0 bridgehead atoms. The monoisotopic (exact) mass is 556 g/mol. The molecule has 0 aromatic heterocycles. The molecule has 1 fully saturated rings. The summed E-state index contributed by atoms with van der Waals surface area (Å²) in [5.74, 6) is -2.91. The second-order valence-corrected chi connectivity index (χ2v) is 11.2. The highest BCUT2D eigenvalue weighted by molar-refractivity contribution is 5.99. The molecule has 2 aromatic rings. The van der Waals surface area contributed by atoms with Crippen molar-refractivity contribution < 1.29 is 27.8 Å². The van der Waals surface area contributed by atoms with E-state index >= 15 is 0 Å². The van der Waals surface area contributed by atoms with E-state index in [1.807, 2.05) is 12.1 Å². The Morgan fingerprint density at radius 1 is 0.775 bits per heavy atom. The zero-order chi connectivity index (χ0) is 28.7.